The molecule has 144 valence electrons. The van der Waals surface area contributed by atoms with E-state index in [2.05, 4.69) is 4.99 Å². The highest BCUT2D eigenvalue weighted by Crippen LogP contribution is 2.25. The first-order valence-corrected chi connectivity index (χ1v) is 9.09. The second kappa shape index (κ2) is 7.98. The molecule has 0 amide bonds. The minimum Gasteiger partial charge on any atom is -0.434 e. The van der Waals surface area contributed by atoms with Gasteiger partial charge in [0.25, 0.3) is 0 Å². The van der Waals surface area contributed by atoms with E-state index in [1.807, 2.05) is 42.5 Å². The number of benzene rings is 3. The van der Waals surface area contributed by atoms with Crippen molar-refractivity contribution in [3.63, 3.8) is 0 Å². The van der Waals surface area contributed by atoms with E-state index in [0.29, 0.717) is 5.75 Å². The predicted octanol–water partition coefficient (Wildman–Crippen LogP) is 4.72. The summed E-state index contributed by atoms with van der Waals surface area (Å²) in [4.78, 5) is 28.0. The van der Waals surface area contributed by atoms with Crippen molar-refractivity contribution < 1.29 is 23.8 Å². The standard InChI is InChI=1S/C23H17NO5/c1-2-27-23(26)28-17-12-10-15(11-13-17)14-20-22(25)29-21(24-20)19-9-5-7-16-6-3-4-8-18(16)19/h3-14H,2H2,1H3/b20-14-. The summed E-state index contributed by atoms with van der Waals surface area (Å²) in [5.41, 5.74) is 1.68. The highest BCUT2D eigenvalue weighted by atomic mass is 16.7. The van der Waals surface area contributed by atoms with Gasteiger partial charge >= 0.3 is 12.1 Å². The van der Waals surface area contributed by atoms with Gasteiger partial charge in [0.1, 0.15) is 5.75 Å². The van der Waals surface area contributed by atoms with Crippen LogP contribution in [0.4, 0.5) is 4.79 Å². The monoisotopic (exact) mass is 387 g/mol. The molecule has 0 aromatic heterocycles. The van der Waals surface area contributed by atoms with Gasteiger partial charge in [-0.1, -0.05) is 48.5 Å². The summed E-state index contributed by atoms with van der Waals surface area (Å²) in [5, 5.41) is 2.00. The summed E-state index contributed by atoms with van der Waals surface area (Å²) in [6.07, 6.45) is 0.858. The number of esters is 1. The number of hydrogen-bond donors (Lipinski definition) is 0. The zero-order chi connectivity index (χ0) is 20.2. The Kier molecular flexibility index (Phi) is 5.07. The predicted molar refractivity (Wildman–Crippen MR) is 109 cm³/mol. The maximum Gasteiger partial charge on any atom is 0.513 e. The molecule has 0 fully saturated rings. The number of nitrogens with zero attached hydrogens (tertiary/aromatic N) is 1. The Bertz CT molecular complexity index is 1140. The van der Waals surface area contributed by atoms with Gasteiger partial charge in [-0.25, -0.2) is 14.6 Å². The number of cyclic esters (lactones) is 1. The second-order valence-electron chi connectivity index (χ2n) is 6.22. The van der Waals surface area contributed by atoms with Gasteiger partial charge in [-0.2, -0.15) is 0 Å². The van der Waals surface area contributed by atoms with Crippen LogP contribution < -0.4 is 4.74 Å². The molecular formula is C23H17NO5. The molecular weight excluding hydrogens is 370 g/mol. The van der Waals surface area contributed by atoms with E-state index in [0.717, 1.165) is 21.9 Å². The molecule has 0 spiro atoms. The van der Waals surface area contributed by atoms with Crippen molar-refractivity contribution in [2.24, 2.45) is 4.99 Å². The van der Waals surface area contributed by atoms with E-state index in [9.17, 15) is 9.59 Å². The van der Waals surface area contributed by atoms with Crippen LogP contribution in [0.15, 0.2) is 77.4 Å². The zero-order valence-corrected chi connectivity index (χ0v) is 15.6. The highest BCUT2D eigenvalue weighted by Gasteiger charge is 2.25. The fraction of sp³-hybridized carbons (Fsp3) is 0.0870. The lowest BCUT2D eigenvalue weighted by molar-refractivity contribution is -0.129. The zero-order valence-electron chi connectivity index (χ0n) is 15.6. The van der Waals surface area contributed by atoms with Crippen molar-refractivity contribution in [2.45, 2.75) is 6.92 Å². The van der Waals surface area contributed by atoms with E-state index in [4.69, 9.17) is 14.2 Å². The van der Waals surface area contributed by atoms with Crippen LogP contribution in [-0.2, 0) is 14.3 Å². The molecule has 3 aromatic rings. The van der Waals surface area contributed by atoms with Crippen LogP contribution in [0, 0.1) is 0 Å². The van der Waals surface area contributed by atoms with Crippen molar-refractivity contribution in [3.8, 4) is 5.75 Å². The first kappa shape index (κ1) is 18.4. The number of carbonyl (C=O) groups is 2. The Balaban J connectivity index is 1.59. The number of fused-ring (bicyclic) bond motifs is 1. The minimum atomic E-state index is -0.762. The summed E-state index contributed by atoms with van der Waals surface area (Å²) < 4.78 is 15.1. The summed E-state index contributed by atoms with van der Waals surface area (Å²) in [6, 6.07) is 20.2. The van der Waals surface area contributed by atoms with Gasteiger partial charge in [-0.3, -0.25) is 0 Å². The minimum absolute atomic E-state index is 0.201. The molecule has 0 unspecified atom stereocenters. The molecule has 4 rings (SSSR count). The van der Waals surface area contributed by atoms with Crippen molar-refractivity contribution >= 4 is 34.9 Å². The normalized spacial score (nSPS) is 14.6. The molecule has 6 heteroatoms. The van der Waals surface area contributed by atoms with Crippen LogP contribution in [0.25, 0.3) is 16.8 Å². The van der Waals surface area contributed by atoms with Crippen molar-refractivity contribution in [1.29, 1.82) is 0 Å². The lowest BCUT2D eigenvalue weighted by Gasteiger charge is -2.04. The third kappa shape index (κ3) is 4.01. The second-order valence-corrected chi connectivity index (χ2v) is 6.22. The Hall–Kier alpha value is -3.93. The number of carbonyl (C=O) groups excluding carboxylic acids is 2. The molecule has 1 aliphatic heterocycles. The molecule has 1 heterocycles. The molecule has 1 aliphatic rings. The molecule has 29 heavy (non-hydrogen) atoms. The largest absolute Gasteiger partial charge is 0.513 e. The van der Waals surface area contributed by atoms with Gasteiger partial charge in [0.2, 0.25) is 5.90 Å². The molecule has 0 N–H and O–H groups in total. The van der Waals surface area contributed by atoms with Crippen molar-refractivity contribution in [1.82, 2.24) is 0 Å². The average Bonchev–Trinajstić information content (AvgIpc) is 3.09. The molecule has 3 aromatic carbocycles. The van der Waals surface area contributed by atoms with Crippen molar-refractivity contribution in [2.75, 3.05) is 6.61 Å². The molecule has 0 saturated carbocycles. The maximum absolute atomic E-state index is 12.3. The van der Waals surface area contributed by atoms with Crippen LogP contribution in [-0.4, -0.2) is 24.6 Å². The van der Waals surface area contributed by atoms with Crippen LogP contribution >= 0.6 is 0 Å². The summed E-state index contributed by atoms with van der Waals surface area (Å²) in [6.45, 7) is 1.94. The summed E-state index contributed by atoms with van der Waals surface area (Å²) in [5.74, 6) is 0.111. The first-order chi connectivity index (χ1) is 14.1. The Morgan fingerprint density at radius 1 is 1.03 bits per heavy atom. The van der Waals surface area contributed by atoms with E-state index in [1.165, 1.54) is 0 Å². The number of ether oxygens (including phenoxy) is 3. The van der Waals surface area contributed by atoms with Crippen LogP contribution in [0.2, 0.25) is 0 Å². The summed E-state index contributed by atoms with van der Waals surface area (Å²) in [7, 11) is 0. The molecule has 0 saturated heterocycles. The fourth-order valence-corrected chi connectivity index (χ4v) is 2.97. The number of hydrogen-bond acceptors (Lipinski definition) is 6. The van der Waals surface area contributed by atoms with E-state index in [-0.39, 0.29) is 18.2 Å². The fourth-order valence-electron chi connectivity index (χ4n) is 2.97. The smallest absolute Gasteiger partial charge is 0.434 e. The van der Waals surface area contributed by atoms with E-state index < -0.39 is 12.1 Å². The maximum atomic E-state index is 12.3. The molecule has 0 radical (unpaired) electrons. The number of rotatable bonds is 4. The Morgan fingerprint density at radius 3 is 2.59 bits per heavy atom. The van der Waals surface area contributed by atoms with Crippen LogP contribution in [0.1, 0.15) is 18.1 Å². The van der Waals surface area contributed by atoms with Gasteiger partial charge in [0.15, 0.2) is 5.70 Å². The van der Waals surface area contributed by atoms with Gasteiger partial charge < -0.3 is 14.2 Å². The molecule has 6 nitrogen and oxygen atoms in total. The summed E-state index contributed by atoms with van der Waals surface area (Å²) >= 11 is 0. The van der Waals surface area contributed by atoms with Gasteiger partial charge in [0, 0.05) is 5.56 Å². The Morgan fingerprint density at radius 2 is 1.79 bits per heavy atom. The SMILES string of the molecule is CCOC(=O)Oc1ccc(/C=C2\N=C(c3cccc4ccccc34)OC2=O)cc1. The first-order valence-electron chi connectivity index (χ1n) is 9.09. The van der Waals surface area contributed by atoms with E-state index in [1.54, 1.807) is 37.3 Å². The average molecular weight is 387 g/mol. The third-order valence-electron chi connectivity index (χ3n) is 4.29. The highest BCUT2D eigenvalue weighted by molar-refractivity contribution is 6.17. The van der Waals surface area contributed by atoms with E-state index >= 15 is 0 Å². The third-order valence-corrected chi connectivity index (χ3v) is 4.29. The van der Waals surface area contributed by atoms with Crippen LogP contribution in [0.3, 0.4) is 0 Å². The van der Waals surface area contributed by atoms with Gasteiger partial charge in [0.05, 0.1) is 6.61 Å². The lowest BCUT2D eigenvalue weighted by Crippen LogP contribution is -2.09. The lowest BCUT2D eigenvalue weighted by atomic mass is 10.0. The molecule has 0 bridgehead atoms. The quantitative estimate of drug-likeness (QED) is 0.368. The molecule has 0 aliphatic carbocycles. The van der Waals surface area contributed by atoms with Gasteiger partial charge in [-0.15, -0.1) is 0 Å². The number of aliphatic imine (C=N–C) groups is 1. The van der Waals surface area contributed by atoms with Gasteiger partial charge in [-0.05, 0) is 47.5 Å². The van der Waals surface area contributed by atoms with Crippen molar-refractivity contribution in [3.05, 3.63) is 83.6 Å². The molecule has 0 atom stereocenters. The topological polar surface area (TPSA) is 74.2 Å². The van der Waals surface area contributed by atoms with Crippen LogP contribution in [0.5, 0.6) is 5.75 Å². The Labute approximate surface area is 167 Å².